The highest BCUT2D eigenvalue weighted by Gasteiger charge is 2.55. The summed E-state index contributed by atoms with van der Waals surface area (Å²) < 4.78 is 5.66. The van der Waals surface area contributed by atoms with Crippen molar-refractivity contribution in [2.24, 2.45) is 0 Å². The van der Waals surface area contributed by atoms with Crippen molar-refractivity contribution in [3.63, 3.8) is 0 Å². The van der Waals surface area contributed by atoms with Crippen LogP contribution in [-0.2, 0) is 23.3 Å². The summed E-state index contributed by atoms with van der Waals surface area (Å²) in [5.74, 6) is 0.123. The molecule has 0 radical (unpaired) electrons. The number of amides is 3. The van der Waals surface area contributed by atoms with E-state index < -0.39 is 11.6 Å². The van der Waals surface area contributed by atoms with Crippen molar-refractivity contribution in [1.29, 1.82) is 0 Å². The quantitative estimate of drug-likeness (QED) is 0.732. The second-order valence-corrected chi connectivity index (χ2v) is 6.46. The zero-order valence-electron chi connectivity index (χ0n) is 13.4. The largest absolute Gasteiger partial charge is 0.439 e. The predicted molar refractivity (Wildman–Crippen MR) is 89.5 cm³/mol. The minimum absolute atomic E-state index is 0.0310. The molecule has 6 heteroatoms. The number of aromatic nitrogens is 1. The summed E-state index contributed by atoms with van der Waals surface area (Å²) in [6, 6.07) is 14.8. The number of nitrogens with zero attached hydrogens (tertiary/aromatic N) is 2. The van der Waals surface area contributed by atoms with Gasteiger partial charge in [-0.15, -0.1) is 0 Å². The Balaban J connectivity index is 1.49. The summed E-state index contributed by atoms with van der Waals surface area (Å²) in [4.78, 5) is 31.2. The molecule has 2 heterocycles. The summed E-state index contributed by atoms with van der Waals surface area (Å²) in [5, 5.41) is 2.91. The monoisotopic (exact) mass is 333 g/mol. The van der Waals surface area contributed by atoms with E-state index in [1.807, 2.05) is 48.5 Å². The predicted octanol–water partition coefficient (Wildman–Crippen LogP) is 2.72. The average Bonchev–Trinajstić information content (AvgIpc) is 3.27. The SMILES string of the molecule is O=C1N[C@]2(CCc3ccccc32)C(=O)N1Cc1nc2ccccc2o1. The molecule has 3 aromatic rings. The molecule has 2 aliphatic rings. The number of rotatable bonds is 2. The molecule has 3 amide bonds. The van der Waals surface area contributed by atoms with Gasteiger partial charge in [0.05, 0.1) is 0 Å². The van der Waals surface area contributed by atoms with Crippen molar-refractivity contribution in [3.8, 4) is 0 Å². The summed E-state index contributed by atoms with van der Waals surface area (Å²) in [6.45, 7) is 0.0310. The summed E-state index contributed by atoms with van der Waals surface area (Å²) in [5.41, 5.74) is 2.42. The lowest BCUT2D eigenvalue weighted by Crippen LogP contribution is -2.41. The Hall–Kier alpha value is -3.15. The number of hydrogen-bond donors (Lipinski definition) is 1. The molecule has 1 aliphatic carbocycles. The maximum Gasteiger partial charge on any atom is 0.325 e. The Kier molecular flexibility index (Phi) is 2.80. The molecule has 1 aliphatic heterocycles. The molecule has 1 spiro atoms. The van der Waals surface area contributed by atoms with E-state index in [0.717, 1.165) is 17.5 Å². The van der Waals surface area contributed by atoms with Crippen molar-refractivity contribution >= 4 is 23.0 Å². The first-order valence-electron chi connectivity index (χ1n) is 8.24. The number of aryl methyl sites for hydroxylation is 1. The van der Waals surface area contributed by atoms with Gasteiger partial charge in [0.2, 0.25) is 5.89 Å². The van der Waals surface area contributed by atoms with Gasteiger partial charge in [-0.2, -0.15) is 0 Å². The zero-order valence-corrected chi connectivity index (χ0v) is 13.4. The smallest absolute Gasteiger partial charge is 0.325 e. The highest BCUT2D eigenvalue weighted by atomic mass is 16.3. The van der Waals surface area contributed by atoms with Gasteiger partial charge in [0.1, 0.15) is 17.6 Å². The van der Waals surface area contributed by atoms with Crippen molar-refractivity contribution in [2.75, 3.05) is 0 Å². The summed E-state index contributed by atoms with van der Waals surface area (Å²) >= 11 is 0. The topological polar surface area (TPSA) is 75.4 Å². The molecule has 5 rings (SSSR count). The van der Waals surface area contributed by atoms with Crippen LogP contribution in [0.3, 0.4) is 0 Å². The van der Waals surface area contributed by atoms with Crippen molar-refractivity contribution in [3.05, 3.63) is 65.5 Å². The van der Waals surface area contributed by atoms with Crippen LogP contribution in [0.2, 0.25) is 0 Å². The molecule has 0 unspecified atom stereocenters. The first-order chi connectivity index (χ1) is 12.2. The number of urea groups is 1. The molecule has 1 atom stereocenters. The number of carbonyl (C=O) groups is 2. The van der Waals surface area contributed by atoms with Gasteiger partial charge in [0.15, 0.2) is 5.58 Å². The molecule has 0 bridgehead atoms. The third kappa shape index (κ3) is 1.94. The van der Waals surface area contributed by atoms with Crippen LogP contribution in [0.1, 0.15) is 23.4 Å². The number of hydrogen-bond acceptors (Lipinski definition) is 4. The van der Waals surface area contributed by atoms with Gasteiger partial charge in [-0.1, -0.05) is 36.4 Å². The van der Waals surface area contributed by atoms with Gasteiger partial charge in [0, 0.05) is 0 Å². The van der Waals surface area contributed by atoms with Crippen LogP contribution in [0.5, 0.6) is 0 Å². The van der Waals surface area contributed by atoms with Gasteiger partial charge in [-0.05, 0) is 36.1 Å². The molecular weight excluding hydrogens is 318 g/mol. The van der Waals surface area contributed by atoms with Crippen molar-refractivity contribution in [1.82, 2.24) is 15.2 Å². The van der Waals surface area contributed by atoms with Crippen LogP contribution in [0.4, 0.5) is 4.79 Å². The molecule has 1 saturated heterocycles. The lowest BCUT2D eigenvalue weighted by Gasteiger charge is -2.22. The fourth-order valence-corrected chi connectivity index (χ4v) is 3.86. The molecule has 6 nitrogen and oxygen atoms in total. The number of imide groups is 1. The van der Waals surface area contributed by atoms with E-state index in [1.54, 1.807) is 0 Å². The molecule has 124 valence electrons. The standard InChI is InChI=1S/C19H15N3O3/c23-17-19(10-9-12-5-1-2-6-13(12)19)21-18(24)22(17)11-16-20-14-7-3-4-8-15(14)25-16/h1-8H,9-11H2,(H,21,24)/t19-/m0/s1. The highest BCUT2D eigenvalue weighted by Crippen LogP contribution is 2.41. The molecule has 2 aromatic carbocycles. The van der Waals surface area contributed by atoms with Gasteiger partial charge < -0.3 is 9.73 Å². The van der Waals surface area contributed by atoms with E-state index in [4.69, 9.17) is 4.42 Å². The van der Waals surface area contributed by atoms with Gasteiger partial charge in [-0.3, -0.25) is 9.69 Å². The molecule has 25 heavy (non-hydrogen) atoms. The highest BCUT2D eigenvalue weighted by molar-refractivity contribution is 6.08. The van der Waals surface area contributed by atoms with E-state index >= 15 is 0 Å². The molecule has 0 saturated carbocycles. The Morgan fingerprint density at radius 3 is 2.80 bits per heavy atom. The lowest BCUT2D eigenvalue weighted by atomic mass is 9.92. The average molecular weight is 333 g/mol. The Bertz CT molecular complexity index is 992. The normalized spacial score (nSPS) is 22.0. The van der Waals surface area contributed by atoms with Gasteiger partial charge in [0.25, 0.3) is 5.91 Å². The Morgan fingerprint density at radius 2 is 1.92 bits per heavy atom. The minimum Gasteiger partial charge on any atom is -0.439 e. The maximum absolute atomic E-state index is 13.1. The molecule has 1 fully saturated rings. The third-order valence-corrected chi connectivity index (χ3v) is 5.05. The van der Waals surface area contributed by atoms with E-state index in [1.165, 1.54) is 4.90 Å². The first-order valence-corrected chi connectivity index (χ1v) is 8.24. The van der Waals surface area contributed by atoms with Crippen LogP contribution >= 0.6 is 0 Å². The maximum atomic E-state index is 13.1. The fraction of sp³-hybridized carbons (Fsp3) is 0.211. The van der Waals surface area contributed by atoms with Crippen molar-refractivity contribution < 1.29 is 14.0 Å². The Morgan fingerprint density at radius 1 is 1.12 bits per heavy atom. The number of oxazole rings is 1. The molecule has 1 N–H and O–H groups in total. The second kappa shape index (κ2) is 4.92. The van der Waals surface area contributed by atoms with Crippen LogP contribution in [0, 0.1) is 0 Å². The van der Waals surface area contributed by atoms with Crippen molar-refractivity contribution in [2.45, 2.75) is 24.9 Å². The molecule has 1 aromatic heterocycles. The van der Waals surface area contributed by atoms with E-state index in [0.29, 0.717) is 23.4 Å². The fourth-order valence-electron chi connectivity index (χ4n) is 3.86. The zero-order chi connectivity index (χ0) is 17.0. The number of nitrogens with one attached hydrogen (secondary N) is 1. The first kappa shape index (κ1) is 14.2. The number of benzene rings is 2. The van der Waals surface area contributed by atoms with E-state index in [2.05, 4.69) is 10.3 Å². The number of carbonyl (C=O) groups excluding carboxylic acids is 2. The van der Waals surface area contributed by atoms with Crippen LogP contribution in [0.15, 0.2) is 52.9 Å². The summed E-state index contributed by atoms with van der Waals surface area (Å²) in [7, 11) is 0. The van der Waals surface area contributed by atoms with Gasteiger partial charge >= 0.3 is 6.03 Å². The minimum atomic E-state index is -0.945. The lowest BCUT2D eigenvalue weighted by molar-refractivity contribution is -0.132. The second-order valence-electron chi connectivity index (χ2n) is 6.46. The number of para-hydroxylation sites is 2. The molecular formula is C19H15N3O3. The van der Waals surface area contributed by atoms with Crippen LogP contribution in [0.25, 0.3) is 11.1 Å². The van der Waals surface area contributed by atoms with Crippen LogP contribution in [-0.4, -0.2) is 21.8 Å². The summed E-state index contributed by atoms with van der Waals surface area (Å²) in [6.07, 6.45) is 1.36. The Labute approximate surface area is 143 Å². The van der Waals surface area contributed by atoms with Gasteiger partial charge in [-0.25, -0.2) is 9.78 Å². The van der Waals surface area contributed by atoms with E-state index in [9.17, 15) is 9.59 Å². The number of fused-ring (bicyclic) bond motifs is 3. The van der Waals surface area contributed by atoms with Crippen LogP contribution < -0.4 is 5.32 Å². The third-order valence-electron chi connectivity index (χ3n) is 5.05. The van der Waals surface area contributed by atoms with E-state index in [-0.39, 0.29) is 12.5 Å².